The van der Waals surface area contributed by atoms with E-state index in [1.807, 2.05) is 30.3 Å². The first-order chi connectivity index (χ1) is 11.4. The first-order valence-corrected chi connectivity index (χ1v) is 7.26. The highest BCUT2D eigenvalue weighted by molar-refractivity contribution is 5.94. The van der Waals surface area contributed by atoms with Crippen molar-refractivity contribution in [3.8, 4) is 0 Å². The summed E-state index contributed by atoms with van der Waals surface area (Å²) >= 11 is 0. The number of hydrazone groups is 1. The highest BCUT2D eigenvalue weighted by atomic mass is 16.7. The van der Waals surface area contributed by atoms with Gasteiger partial charge < -0.3 is 9.15 Å². The number of hydrogen-bond donors (Lipinski definition) is 0. The lowest BCUT2D eigenvalue weighted by Gasteiger charge is -2.30. The SMILES string of the molecule is CC(=O)N1N=C(c2ccc([N+](=O)[O-])o2)OC1(C)Cc1ccccc1. The number of ether oxygens (including phenoxy) is 1. The van der Waals surface area contributed by atoms with Crippen molar-refractivity contribution in [3.63, 3.8) is 0 Å². The minimum Gasteiger partial charge on any atom is -0.445 e. The quantitative estimate of drug-likeness (QED) is 0.634. The van der Waals surface area contributed by atoms with E-state index in [0.717, 1.165) is 5.56 Å². The second-order valence-corrected chi connectivity index (χ2v) is 5.57. The molecule has 0 N–H and O–H groups in total. The van der Waals surface area contributed by atoms with Crippen LogP contribution in [0.5, 0.6) is 0 Å². The van der Waals surface area contributed by atoms with Crippen molar-refractivity contribution in [1.29, 1.82) is 0 Å². The first kappa shape index (κ1) is 15.7. The number of nitrogens with zero attached hydrogens (tertiary/aromatic N) is 3. The van der Waals surface area contributed by atoms with Gasteiger partial charge in [0.2, 0.25) is 11.6 Å². The number of hydrogen-bond acceptors (Lipinski definition) is 6. The lowest BCUT2D eigenvalue weighted by atomic mass is 10.0. The molecule has 124 valence electrons. The standard InChI is InChI=1S/C16H15N3O5/c1-11(20)18-16(2,10-12-6-4-3-5-7-12)24-15(17-18)13-8-9-14(23-13)19(21)22/h3-9H,10H2,1-2H3. The van der Waals surface area contributed by atoms with Crippen LogP contribution in [-0.2, 0) is 16.0 Å². The van der Waals surface area contributed by atoms with E-state index in [-0.39, 0.29) is 17.6 Å². The van der Waals surface area contributed by atoms with Crippen LogP contribution >= 0.6 is 0 Å². The molecule has 24 heavy (non-hydrogen) atoms. The Morgan fingerprint density at radius 1 is 1.29 bits per heavy atom. The molecule has 0 spiro atoms. The molecule has 2 aromatic rings. The van der Waals surface area contributed by atoms with Crippen molar-refractivity contribution in [1.82, 2.24) is 5.01 Å². The summed E-state index contributed by atoms with van der Waals surface area (Å²) < 4.78 is 11.0. The molecule has 1 aliphatic rings. The summed E-state index contributed by atoms with van der Waals surface area (Å²) in [7, 11) is 0. The van der Waals surface area contributed by atoms with Gasteiger partial charge in [-0.1, -0.05) is 30.3 Å². The van der Waals surface area contributed by atoms with Gasteiger partial charge in [0, 0.05) is 13.3 Å². The lowest BCUT2D eigenvalue weighted by Crippen LogP contribution is -2.45. The van der Waals surface area contributed by atoms with Crippen LogP contribution in [0.3, 0.4) is 0 Å². The second-order valence-electron chi connectivity index (χ2n) is 5.57. The highest BCUT2D eigenvalue weighted by Gasteiger charge is 2.44. The van der Waals surface area contributed by atoms with Gasteiger partial charge >= 0.3 is 5.88 Å². The summed E-state index contributed by atoms with van der Waals surface area (Å²) in [5, 5.41) is 16.1. The number of carbonyl (C=O) groups is 1. The van der Waals surface area contributed by atoms with Gasteiger partial charge in [0.25, 0.3) is 5.90 Å². The van der Waals surface area contributed by atoms with Gasteiger partial charge in [0.15, 0.2) is 5.76 Å². The third kappa shape index (κ3) is 2.85. The third-order valence-electron chi connectivity index (χ3n) is 3.61. The van der Waals surface area contributed by atoms with Crippen molar-refractivity contribution in [2.24, 2.45) is 5.10 Å². The van der Waals surface area contributed by atoms with Crippen LogP contribution in [0.2, 0.25) is 0 Å². The van der Waals surface area contributed by atoms with E-state index in [1.54, 1.807) is 6.92 Å². The number of furan rings is 1. The van der Waals surface area contributed by atoms with Crippen LogP contribution in [0.1, 0.15) is 25.2 Å². The molecule has 8 nitrogen and oxygen atoms in total. The third-order valence-corrected chi connectivity index (χ3v) is 3.61. The zero-order valence-electron chi connectivity index (χ0n) is 13.1. The molecule has 1 aliphatic heterocycles. The van der Waals surface area contributed by atoms with Gasteiger partial charge in [-0.2, -0.15) is 5.01 Å². The summed E-state index contributed by atoms with van der Waals surface area (Å²) in [5.74, 6) is -0.576. The molecule has 2 heterocycles. The fourth-order valence-corrected chi connectivity index (χ4v) is 2.60. The molecule has 1 unspecified atom stereocenters. The Labute approximate surface area is 137 Å². The predicted octanol–water partition coefficient (Wildman–Crippen LogP) is 2.69. The maximum absolute atomic E-state index is 11.9. The predicted molar refractivity (Wildman–Crippen MR) is 84.1 cm³/mol. The van der Waals surface area contributed by atoms with Gasteiger partial charge in [0.1, 0.15) is 4.92 Å². The minimum absolute atomic E-state index is 0.0386. The van der Waals surface area contributed by atoms with Gasteiger partial charge in [-0.25, -0.2) is 0 Å². The summed E-state index contributed by atoms with van der Waals surface area (Å²) in [4.78, 5) is 22.0. The van der Waals surface area contributed by atoms with Crippen LogP contribution in [-0.4, -0.2) is 27.5 Å². The van der Waals surface area contributed by atoms with Crippen molar-refractivity contribution in [2.75, 3.05) is 0 Å². The monoisotopic (exact) mass is 329 g/mol. The molecule has 0 bridgehead atoms. The van der Waals surface area contributed by atoms with Crippen LogP contribution in [0.4, 0.5) is 5.88 Å². The van der Waals surface area contributed by atoms with Gasteiger partial charge in [-0.3, -0.25) is 14.9 Å². The van der Waals surface area contributed by atoms with Crippen LogP contribution in [0.15, 0.2) is 52.0 Å². The molecule has 1 atom stereocenters. The van der Waals surface area contributed by atoms with Gasteiger partial charge in [-0.05, 0) is 18.6 Å². The Balaban J connectivity index is 1.90. The maximum Gasteiger partial charge on any atom is 0.433 e. The van der Waals surface area contributed by atoms with Crippen LogP contribution in [0, 0.1) is 10.1 Å². The van der Waals surface area contributed by atoms with Crippen LogP contribution in [0.25, 0.3) is 0 Å². The average molecular weight is 329 g/mol. The molecule has 1 amide bonds. The first-order valence-electron chi connectivity index (χ1n) is 7.26. The smallest absolute Gasteiger partial charge is 0.433 e. The van der Waals surface area contributed by atoms with Crippen molar-refractivity contribution >= 4 is 17.7 Å². The topological polar surface area (TPSA) is 98.2 Å². The molecule has 1 aromatic carbocycles. The Hall–Kier alpha value is -3.16. The van der Waals surface area contributed by atoms with Crippen LogP contribution < -0.4 is 0 Å². The molecule has 0 aliphatic carbocycles. The summed E-state index contributed by atoms with van der Waals surface area (Å²) in [6, 6.07) is 12.1. The Morgan fingerprint density at radius 3 is 2.58 bits per heavy atom. The Kier molecular flexibility index (Phi) is 3.80. The van der Waals surface area contributed by atoms with Gasteiger partial charge in [0.05, 0.1) is 6.07 Å². The minimum atomic E-state index is -1.04. The number of nitro groups is 1. The van der Waals surface area contributed by atoms with Crippen molar-refractivity contribution in [3.05, 3.63) is 63.9 Å². The van der Waals surface area contributed by atoms with E-state index in [9.17, 15) is 14.9 Å². The normalized spacial score (nSPS) is 19.8. The largest absolute Gasteiger partial charge is 0.445 e. The Morgan fingerprint density at radius 2 is 2.00 bits per heavy atom. The van der Waals surface area contributed by atoms with Crippen molar-refractivity contribution < 1.29 is 18.9 Å². The molecular weight excluding hydrogens is 314 g/mol. The molecule has 0 saturated carbocycles. The van der Waals surface area contributed by atoms with E-state index in [0.29, 0.717) is 6.42 Å². The lowest BCUT2D eigenvalue weighted by molar-refractivity contribution is -0.402. The fraction of sp³-hybridized carbons (Fsp3) is 0.250. The zero-order valence-corrected chi connectivity index (χ0v) is 13.1. The molecular formula is C16H15N3O5. The Bertz CT molecular complexity index is 814. The van der Waals surface area contributed by atoms with Crippen molar-refractivity contribution in [2.45, 2.75) is 26.0 Å². The summed E-state index contributed by atoms with van der Waals surface area (Å²) in [5.41, 5.74) is -0.0718. The van der Waals surface area contributed by atoms with E-state index in [4.69, 9.17) is 9.15 Å². The molecule has 8 heteroatoms. The summed E-state index contributed by atoms with van der Waals surface area (Å²) in [6.07, 6.45) is 0.406. The molecule has 0 radical (unpaired) electrons. The number of amides is 1. The molecule has 0 saturated heterocycles. The van der Waals surface area contributed by atoms with E-state index in [2.05, 4.69) is 5.10 Å². The maximum atomic E-state index is 11.9. The number of rotatable bonds is 4. The van der Waals surface area contributed by atoms with E-state index in [1.165, 1.54) is 24.1 Å². The second kappa shape index (κ2) is 5.80. The number of benzene rings is 1. The molecule has 3 rings (SSSR count). The zero-order chi connectivity index (χ0) is 17.3. The molecule has 0 fully saturated rings. The van der Waals surface area contributed by atoms with E-state index < -0.39 is 16.5 Å². The fourth-order valence-electron chi connectivity index (χ4n) is 2.60. The highest BCUT2D eigenvalue weighted by Crippen LogP contribution is 2.31. The number of carbonyl (C=O) groups excluding carboxylic acids is 1. The molecule has 1 aromatic heterocycles. The van der Waals surface area contributed by atoms with Gasteiger partial charge in [-0.15, -0.1) is 5.10 Å². The van der Waals surface area contributed by atoms with E-state index >= 15 is 0 Å². The summed E-state index contributed by atoms with van der Waals surface area (Å²) in [6.45, 7) is 3.11. The average Bonchev–Trinajstić information content (AvgIpc) is 3.13.